The quantitative estimate of drug-likeness (QED) is 0.741. The highest BCUT2D eigenvalue weighted by atomic mass is 32.1. The number of nitrogens with zero attached hydrogens (tertiary/aromatic N) is 4. The summed E-state index contributed by atoms with van der Waals surface area (Å²) in [5.41, 5.74) is 8.52. The molecule has 1 aliphatic heterocycles. The van der Waals surface area contributed by atoms with Crippen LogP contribution in [-0.4, -0.2) is 40.2 Å². The molecule has 1 saturated heterocycles. The van der Waals surface area contributed by atoms with Gasteiger partial charge in [-0.25, -0.2) is 4.98 Å². The highest BCUT2D eigenvalue weighted by Gasteiger charge is 2.31. The molecule has 3 N–H and O–H groups in total. The van der Waals surface area contributed by atoms with Gasteiger partial charge in [-0.05, 0) is 19.4 Å². The second-order valence-electron chi connectivity index (χ2n) is 5.83. The molecule has 124 valence electrons. The fraction of sp³-hybridized carbons (Fsp3) is 0.333. The first-order valence-electron chi connectivity index (χ1n) is 7.51. The number of nitrogens with one attached hydrogen (secondary N) is 1. The number of aromatic nitrogens is 3. The van der Waals surface area contributed by atoms with Crippen LogP contribution < -0.4 is 16.0 Å². The fourth-order valence-corrected chi connectivity index (χ4v) is 4.43. The Labute approximate surface area is 146 Å². The van der Waals surface area contributed by atoms with E-state index in [4.69, 9.17) is 5.73 Å². The number of rotatable bonds is 3. The summed E-state index contributed by atoms with van der Waals surface area (Å²) in [7, 11) is 0. The molecule has 0 aromatic carbocycles. The summed E-state index contributed by atoms with van der Waals surface area (Å²) in [4.78, 5) is 20.2. The van der Waals surface area contributed by atoms with Crippen LogP contribution in [-0.2, 0) is 0 Å². The molecule has 4 rings (SSSR count). The van der Waals surface area contributed by atoms with Gasteiger partial charge in [0, 0.05) is 30.1 Å². The normalized spacial score (nSPS) is 14.8. The summed E-state index contributed by atoms with van der Waals surface area (Å²) in [6, 6.07) is 0.111. The van der Waals surface area contributed by atoms with Crippen molar-refractivity contribution in [1.82, 2.24) is 20.5 Å². The lowest BCUT2D eigenvalue weighted by Gasteiger charge is -2.39. The second-order valence-corrected chi connectivity index (χ2v) is 7.70. The summed E-state index contributed by atoms with van der Waals surface area (Å²) in [5.74, 6) is -0.142. The average Bonchev–Trinajstić information content (AvgIpc) is 3.14. The molecule has 0 saturated carbocycles. The molecule has 3 aromatic heterocycles. The van der Waals surface area contributed by atoms with Crippen LogP contribution >= 0.6 is 22.7 Å². The lowest BCUT2D eigenvalue weighted by Crippen LogP contribution is -2.59. The number of aryl methyl sites for hydroxylation is 2. The summed E-state index contributed by atoms with van der Waals surface area (Å²) >= 11 is 2.90. The van der Waals surface area contributed by atoms with Crippen LogP contribution in [0.15, 0.2) is 11.6 Å². The Morgan fingerprint density at radius 2 is 2.17 bits per heavy atom. The molecule has 0 aliphatic carbocycles. The van der Waals surface area contributed by atoms with E-state index in [1.807, 2.05) is 19.2 Å². The van der Waals surface area contributed by atoms with E-state index in [1.165, 1.54) is 11.3 Å². The van der Waals surface area contributed by atoms with Gasteiger partial charge in [0.2, 0.25) is 0 Å². The van der Waals surface area contributed by atoms with E-state index in [1.54, 1.807) is 17.5 Å². The minimum atomic E-state index is -0.142. The van der Waals surface area contributed by atoms with Crippen LogP contribution in [0.5, 0.6) is 0 Å². The molecule has 24 heavy (non-hydrogen) atoms. The van der Waals surface area contributed by atoms with E-state index in [9.17, 15) is 4.79 Å². The number of hydrogen-bond acceptors (Lipinski definition) is 8. The molecule has 1 aliphatic rings. The van der Waals surface area contributed by atoms with Crippen molar-refractivity contribution in [2.75, 3.05) is 23.7 Å². The van der Waals surface area contributed by atoms with Crippen molar-refractivity contribution in [2.45, 2.75) is 19.9 Å². The van der Waals surface area contributed by atoms with E-state index in [0.717, 1.165) is 34.9 Å². The molecular weight excluding hydrogens is 344 g/mol. The Balaban J connectivity index is 1.50. The zero-order valence-electron chi connectivity index (χ0n) is 13.2. The smallest absolute Gasteiger partial charge is 0.263 e. The Morgan fingerprint density at radius 1 is 1.38 bits per heavy atom. The minimum Gasteiger partial charge on any atom is -0.397 e. The average molecular weight is 360 g/mol. The predicted octanol–water partition coefficient (Wildman–Crippen LogP) is 1.97. The molecule has 1 amide bonds. The number of hydrogen-bond donors (Lipinski definition) is 2. The standard InChI is InChI=1S/C15H16N6OS2/c1-7-8(2)19-20-14-10(7)11(16)12(24-14)13(22)18-9-5-21(6-9)15-17-3-4-23-15/h3-4,9H,5-6,16H2,1-2H3,(H,18,22). The highest BCUT2D eigenvalue weighted by Crippen LogP contribution is 2.35. The molecule has 0 bridgehead atoms. The van der Waals surface area contributed by atoms with Gasteiger partial charge in [0.15, 0.2) is 5.13 Å². The largest absolute Gasteiger partial charge is 0.397 e. The maximum atomic E-state index is 12.6. The minimum absolute atomic E-state index is 0.111. The van der Waals surface area contributed by atoms with Gasteiger partial charge in [0.1, 0.15) is 9.71 Å². The zero-order chi connectivity index (χ0) is 16.8. The van der Waals surface area contributed by atoms with Gasteiger partial charge >= 0.3 is 0 Å². The van der Waals surface area contributed by atoms with Crippen molar-refractivity contribution in [3.8, 4) is 0 Å². The number of thiophene rings is 1. The van der Waals surface area contributed by atoms with Crippen molar-refractivity contribution in [1.29, 1.82) is 0 Å². The highest BCUT2D eigenvalue weighted by molar-refractivity contribution is 7.21. The first-order valence-corrected chi connectivity index (χ1v) is 9.21. The zero-order valence-corrected chi connectivity index (χ0v) is 14.9. The van der Waals surface area contributed by atoms with E-state index < -0.39 is 0 Å². The summed E-state index contributed by atoms with van der Waals surface area (Å²) < 4.78 is 0. The third kappa shape index (κ3) is 2.40. The first kappa shape index (κ1) is 15.3. The second kappa shape index (κ2) is 5.67. The van der Waals surface area contributed by atoms with Gasteiger partial charge < -0.3 is 16.0 Å². The number of nitrogen functional groups attached to an aromatic ring is 1. The van der Waals surface area contributed by atoms with Gasteiger partial charge in [0.05, 0.1) is 17.4 Å². The van der Waals surface area contributed by atoms with Gasteiger partial charge in [-0.2, -0.15) is 5.10 Å². The van der Waals surface area contributed by atoms with Crippen molar-refractivity contribution in [3.05, 3.63) is 27.7 Å². The van der Waals surface area contributed by atoms with E-state index in [2.05, 4.69) is 25.4 Å². The van der Waals surface area contributed by atoms with E-state index >= 15 is 0 Å². The van der Waals surface area contributed by atoms with Gasteiger partial charge in [-0.15, -0.1) is 27.8 Å². The molecule has 4 heterocycles. The SMILES string of the molecule is Cc1nnc2sc(C(=O)NC3CN(c4nccs4)C3)c(N)c2c1C. The molecular formula is C15H16N6OS2. The fourth-order valence-electron chi connectivity index (χ4n) is 2.76. The lowest BCUT2D eigenvalue weighted by molar-refractivity contribution is 0.0935. The number of carbonyl (C=O) groups excluding carboxylic acids is 1. The Hall–Kier alpha value is -2.26. The third-order valence-electron chi connectivity index (χ3n) is 4.25. The van der Waals surface area contributed by atoms with Crippen LogP contribution in [0.2, 0.25) is 0 Å². The van der Waals surface area contributed by atoms with Crippen LogP contribution in [0.3, 0.4) is 0 Å². The maximum Gasteiger partial charge on any atom is 0.263 e. The van der Waals surface area contributed by atoms with Crippen LogP contribution in [0.1, 0.15) is 20.9 Å². The van der Waals surface area contributed by atoms with Gasteiger partial charge in [-0.1, -0.05) is 0 Å². The number of anilines is 2. The summed E-state index contributed by atoms with van der Waals surface area (Å²) in [6.07, 6.45) is 1.79. The lowest BCUT2D eigenvalue weighted by atomic mass is 10.1. The number of thiazole rings is 1. The molecule has 7 nitrogen and oxygen atoms in total. The molecule has 9 heteroatoms. The molecule has 3 aromatic rings. The maximum absolute atomic E-state index is 12.6. The monoisotopic (exact) mass is 360 g/mol. The van der Waals surface area contributed by atoms with Crippen molar-refractivity contribution >= 4 is 49.6 Å². The topological polar surface area (TPSA) is 97.0 Å². The molecule has 0 atom stereocenters. The third-order valence-corrected chi connectivity index (χ3v) is 6.17. The Morgan fingerprint density at radius 3 is 2.88 bits per heavy atom. The van der Waals surface area contributed by atoms with Crippen molar-refractivity contribution in [3.63, 3.8) is 0 Å². The number of carbonyl (C=O) groups is 1. The van der Waals surface area contributed by atoms with Crippen LogP contribution in [0.25, 0.3) is 10.2 Å². The summed E-state index contributed by atoms with van der Waals surface area (Å²) in [5, 5.41) is 15.1. The summed E-state index contributed by atoms with van der Waals surface area (Å²) in [6.45, 7) is 5.37. The first-order chi connectivity index (χ1) is 11.5. The number of nitrogens with two attached hydrogens (primary N) is 1. The molecule has 0 radical (unpaired) electrons. The van der Waals surface area contributed by atoms with Crippen molar-refractivity contribution < 1.29 is 4.79 Å². The van der Waals surface area contributed by atoms with Gasteiger partial charge in [-0.3, -0.25) is 4.79 Å². The molecule has 0 spiro atoms. The molecule has 0 unspecified atom stereocenters. The Kier molecular flexibility index (Phi) is 3.61. The Bertz CT molecular complexity index is 914. The predicted molar refractivity (Wildman–Crippen MR) is 96.9 cm³/mol. The van der Waals surface area contributed by atoms with E-state index in [-0.39, 0.29) is 11.9 Å². The van der Waals surface area contributed by atoms with Crippen molar-refractivity contribution in [2.24, 2.45) is 0 Å². The van der Waals surface area contributed by atoms with Crippen LogP contribution in [0, 0.1) is 13.8 Å². The number of amides is 1. The van der Waals surface area contributed by atoms with Crippen LogP contribution in [0.4, 0.5) is 10.8 Å². The number of fused-ring (bicyclic) bond motifs is 1. The van der Waals surface area contributed by atoms with E-state index in [0.29, 0.717) is 15.4 Å². The molecule has 1 fully saturated rings. The van der Waals surface area contributed by atoms with Gasteiger partial charge in [0.25, 0.3) is 5.91 Å².